The molecule has 0 spiro atoms. The van der Waals surface area contributed by atoms with Gasteiger partial charge in [0.15, 0.2) is 5.82 Å². The summed E-state index contributed by atoms with van der Waals surface area (Å²) in [6.07, 6.45) is 3.30. The lowest BCUT2D eigenvalue weighted by molar-refractivity contribution is 0.642. The van der Waals surface area contributed by atoms with Crippen LogP contribution < -0.4 is 0 Å². The van der Waals surface area contributed by atoms with Crippen LogP contribution in [0.2, 0.25) is 0 Å². The fraction of sp³-hybridized carbons (Fsp3) is 0.286. The third kappa shape index (κ3) is 2.75. The topological polar surface area (TPSA) is 41.4 Å². The van der Waals surface area contributed by atoms with E-state index in [1.165, 1.54) is 0 Å². The zero-order chi connectivity index (χ0) is 8.10. The van der Waals surface area contributed by atoms with Crippen molar-refractivity contribution < 1.29 is 0 Å². The van der Waals surface area contributed by atoms with Crippen LogP contribution in [-0.2, 0) is 0 Å². The van der Waals surface area contributed by atoms with Crippen LogP contribution in [0.4, 0.5) is 5.82 Å². The van der Waals surface area contributed by atoms with Gasteiger partial charge in [0.25, 0.3) is 0 Å². The van der Waals surface area contributed by atoms with Gasteiger partial charge in [0, 0.05) is 20.3 Å². The van der Waals surface area contributed by atoms with E-state index >= 15 is 0 Å². The molecule has 4 heteroatoms. The molecule has 0 unspecified atom stereocenters. The standard InChI is InChI=1S/C7H10N4/c1-11(2)6-8-7-4-3-5-9-10-7/h3-6H,1-2H3. The smallest absolute Gasteiger partial charge is 0.175 e. The van der Waals surface area contributed by atoms with Crippen molar-refractivity contribution in [3.05, 3.63) is 18.3 Å². The summed E-state index contributed by atoms with van der Waals surface area (Å²) in [6.45, 7) is 0. The summed E-state index contributed by atoms with van der Waals surface area (Å²) in [5, 5.41) is 7.46. The predicted octanol–water partition coefficient (Wildman–Crippen LogP) is 0.698. The maximum absolute atomic E-state index is 4.03. The van der Waals surface area contributed by atoms with E-state index in [1.807, 2.05) is 19.0 Å². The molecule has 0 aliphatic carbocycles. The van der Waals surface area contributed by atoms with Crippen molar-refractivity contribution in [2.75, 3.05) is 14.1 Å². The van der Waals surface area contributed by atoms with E-state index in [1.54, 1.807) is 24.7 Å². The number of hydrogen-bond acceptors (Lipinski definition) is 3. The van der Waals surface area contributed by atoms with Crippen molar-refractivity contribution in [2.24, 2.45) is 4.99 Å². The van der Waals surface area contributed by atoms with Crippen LogP contribution in [0.1, 0.15) is 0 Å². The SMILES string of the molecule is CN(C)C=Nc1cccnn1. The molecule has 1 heterocycles. The van der Waals surface area contributed by atoms with Gasteiger partial charge in [0.05, 0.1) is 6.34 Å². The summed E-state index contributed by atoms with van der Waals surface area (Å²) in [6, 6.07) is 3.60. The van der Waals surface area contributed by atoms with E-state index in [0.29, 0.717) is 5.82 Å². The third-order valence-corrected chi connectivity index (χ3v) is 0.979. The number of nitrogens with zero attached hydrogens (tertiary/aromatic N) is 4. The number of aromatic nitrogens is 2. The molecule has 0 amide bonds. The minimum atomic E-state index is 0.626. The minimum absolute atomic E-state index is 0.626. The molecular weight excluding hydrogens is 140 g/mol. The molecule has 0 aliphatic heterocycles. The molecule has 0 N–H and O–H groups in total. The van der Waals surface area contributed by atoms with Crippen molar-refractivity contribution in [2.45, 2.75) is 0 Å². The Morgan fingerprint density at radius 2 is 2.36 bits per heavy atom. The monoisotopic (exact) mass is 150 g/mol. The summed E-state index contributed by atoms with van der Waals surface area (Å²) < 4.78 is 0. The van der Waals surface area contributed by atoms with E-state index in [-0.39, 0.29) is 0 Å². The summed E-state index contributed by atoms with van der Waals surface area (Å²) in [7, 11) is 3.81. The van der Waals surface area contributed by atoms with Gasteiger partial charge in [-0.25, -0.2) is 4.99 Å². The molecule has 0 saturated heterocycles. The average Bonchev–Trinajstić information content (AvgIpc) is 2.03. The van der Waals surface area contributed by atoms with Gasteiger partial charge in [0.1, 0.15) is 0 Å². The highest BCUT2D eigenvalue weighted by Gasteiger charge is 1.85. The maximum Gasteiger partial charge on any atom is 0.175 e. The fourth-order valence-corrected chi connectivity index (χ4v) is 0.537. The van der Waals surface area contributed by atoms with Crippen molar-refractivity contribution >= 4 is 12.2 Å². The Kier molecular flexibility index (Phi) is 2.54. The Bertz CT molecular complexity index is 229. The summed E-state index contributed by atoms with van der Waals surface area (Å²) in [5.74, 6) is 0.626. The molecule has 0 bridgehead atoms. The fourth-order valence-electron chi connectivity index (χ4n) is 0.537. The van der Waals surface area contributed by atoms with Crippen LogP contribution in [0.3, 0.4) is 0 Å². The zero-order valence-corrected chi connectivity index (χ0v) is 6.60. The first-order valence-corrected chi connectivity index (χ1v) is 3.27. The maximum atomic E-state index is 4.03. The third-order valence-electron chi connectivity index (χ3n) is 0.979. The molecule has 1 aromatic heterocycles. The Balaban J connectivity index is 2.65. The predicted molar refractivity (Wildman–Crippen MR) is 43.9 cm³/mol. The highest BCUT2D eigenvalue weighted by Crippen LogP contribution is 2.00. The Hall–Kier alpha value is -1.45. The summed E-state index contributed by atoms with van der Waals surface area (Å²) in [4.78, 5) is 5.88. The van der Waals surface area contributed by atoms with Crippen molar-refractivity contribution in [1.82, 2.24) is 15.1 Å². The van der Waals surface area contributed by atoms with Gasteiger partial charge in [-0.1, -0.05) is 0 Å². The zero-order valence-electron chi connectivity index (χ0n) is 6.60. The van der Waals surface area contributed by atoms with Gasteiger partial charge in [0.2, 0.25) is 0 Å². The van der Waals surface area contributed by atoms with Crippen molar-refractivity contribution in [3.63, 3.8) is 0 Å². The van der Waals surface area contributed by atoms with E-state index in [9.17, 15) is 0 Å². The number of rotatable bonds is 2. The Labute approximate surface area is 65.6 Å². The molecule has 1 aromatic rings. The van der Waals surface area contributed by atoms with Crippen LogP contribution in [0, 0.1) is 0 Å². The Morgan fingerprint density at radius 1 is 1.55 bits per heavy atom. The van der Waals surface area contributed by atoms with E-state index < -0.39 is 0 Å². The molecular formula is C7H10N4. The largest absolute Gasteiger partial charge is 0.369 e. The van der Waals surface area contributed by atoms with Gasteiger partial charge in [-0.15, -0.1) is 5.10 Å². The second-order valence-corrected chi connectivity index (χ2v) is 2.29. The minimum Gasteiger partial charge on any atom is -0.369 e. The number of aliphatic imine (C=N–C) groups is 1. The first-order valence-electron chi connectivity index (χ1n) is 3.27. The van der Waals surface area contributed by atoms with E-state index in [4.69, 9.17) is 0 Å². The molecule has 1 rings (SSSR count). The first kappa shape index (κ1) is 7.65. The second kappa shape index (κ2) is 3.65. The van der Waals surface area contributed by atoms with Crippen LogP contribution in [0.15, 0.2) is 23.3 Å². The second-order valence-electron chi connectivity index (χ2n) is 2.29. The highest BCUT2D eigenvalue weighted by molar-refractivity contribution is 5.58. The summed E-state index contributed by atoms with van der Waals surface area (Å²) >= 11 is 0. The van der Waals surface area contributed by atoms with Crippen molar-refractivity contribution in [1.29, 1.82) is 0 Å². The van der Waals surface area contributed by atoms with Crippen LogP contribution in [-0.4, -0.2) is 35.5 Å². The highest BCUT2D eigenvalue weighted by atomic mass is 15.2. The molecule has 0 fully saturated rings. The lowest BCUT2D eigenvalue weighted by atomic mass is 10.5. The molecule has 0 aromatic carbocycles. The molecule has 0 aliphatic rings. The molecule has 0 radical (unpaired) electrons. The Morgan fingerprint density at radius 3 is 2.91 bits per heavy atom. The van der Waals surface area contributed by atoms with Gasteiger partial charge in [-0.3, -0.25) is 0 Å². The molecule has 4 nitrogen and oxygen atoms in total. The lowest BCUT2D eigenvalue weighted by Crippen LogP contribution is -2.07. The molecule has 0 saturated carbocycles. The molecule has 11 heavy (non-hydrogen) atoms. The van der Waals surface area contributed by atoms with Crippen LogP contribution in [0.25, 0.3) is 0 Å². The van der Waals surface area contributed by atoms with E-state index in [0.717, 1.165) is 0 Å². The first-order chi connectivity index (χ1) is 5.29. The van der Waals surface area contributed by atoms with Crippen LogP contribution >= 0.6 is 0 Å². The normalized spacial score (nSPS) is 10.4. The quantitative estimate of drug-likeness (QED) is 0.460. The van der Waals surface area contributed by atoms with Gasteiger partial charge < -0.3 is 4.90 Å². The lowest BCUT2D eigenvalue weighted by Gasteiger charge is -2.00. The summed E-state index contributed by atoms with van der Waals surface area (Å²) in [5.41, 5.74) is 0. The molecule has 0 atom stereocenters. The van der Waals surface area contributed by atoms with E-state index in [2.05, 4.69) is 15.2 Å². The van der Waals surface area contributed by atoms with Crippen LogP contribution in [0.5, 0.6) is 0 Å². The molecule has 58 valence electrons. The average molecular weight is 150 g/mol. The van der Waals surface area contributed by atoms with Gasteiger partial charge in [-0.05, 0) is 12.1 Å². The van der Waals surface area contributed by atoms with Gasteiger partial charge in [-0.2, -0.15) is 5.10 Å². The number of hydrogen-bond donors (Lipinski definition) is 0. The van der Waals surface area contributed by atoms with Crippen molar-refractivity contribution in [3.8, 4) is 0 Å². The van der Waals surface area contributed by atoms with Gasteiger partial charge >= 0.3 is 0 Å².